The lowest BCUT2D eigenvalue weighted by molar-refractivity contribution is -0.192. The van der Waals surface area contributed by atoms with E-state index < -0.39 is 12.1 Å². The van der Waals surface area contributed by atoms with E-state index in [2.05, 4.69) is 69.8 Å². The molecule has 4 heterocycles. The molecular formula is C23H25F3N4O2. The first kappa shape index (κ1) is 22.1. The van der Waals surface area contributed by atoms with Crippen LogP contribution in [0.2, 0.25) is 0 Å². The zero-order chi connectivity index (χ0) is 22.9. The molecular weight excluding hydrogens is 421 g/mol. The Balaban J connectivity index is 0.000000307. The van der Waals surface area contributed by atoms with Gasteiger partial charge in [0.1, 0.15) is 0 Å². The summed E-state index contributed by atoms with van der Waals surface area (Å²) in [6.45, 7) is 5.85. The molecule has 3 saturated heterocycles. The van der Waals surface area contributed by atoms with Crippen LogP contribution in [0, 0.1) is 12.8 Å². The largest absolute Gasteiger partial charge is 0.490 e. The maximum Gasteiger partial charge on any atom is 0.490 e. The molecule has 0 spiro atoms. The molecule has 0 saturated carbocycles. The quantitative estimate of drug-likeness (QED) is 0.545. The van der Waals surface area contributed by atoms with Crippen LogP contribution in [0.1, 0.15) is 18.5 Å². The Hall–Kier alpha value is -3.07. The van der Waals surface area contributed by atoms with Crippen LogP contribution in [0.15, 0.2) is 42.5 Å². The lowest BCUT2D eigenvalue weighted by Crippen LogP contribution is -2.53. The number of benzene rings is 2. The Morgan fingerprint density at radius 2 is 1.75 bits per heavy atom. The molecule has 0 aliphatic carbocycles. The molecule has 3 aliphatic heterocycles. The number of nitrogens with zero attached hydrogens (tertiary/aromatic N) is 2. The molecule has 3 N–H and O–H groups in total. The van der Waals surface area contributed by atoms with Crippen molar-refractivity contribution < 1.29 is 23.1 Å². The van der Waals surface area contributed by atoms with Crippen LogP contribution in [0.25, 0.3) is 22.0 Å². The highest BCUT2D eigenvalue weighted by molar-refractivity contribution is 5.86. The summed E-state index contributed by atoms with van der Waals surface area (Å²) in [7, 11) is 0. The van der Waals surface area contributed by atoms with Gasteiger partial charge in [-0.1, -0.05) is 18.2 Å². The highest BCUT2D eigenvalue weighted by Gasteiger charge is 2.38. The molecule has 1 atom stereocenters. The van der Waals surface area contributed by atoms with Crippen LogP contribution in [0.5, 0.6) is 0 Å². The number of hydrogen-bond donors (Lipinski definition) is 3. The normalized spacial score (nSPS) is 22.3. The van der Waals surface area contributed by atoms with Crippen molar-refractivity contribution in [3.63, 3.8) is 0 Å². The molecule has 3 aromatic rings. The van der Waals surface area contributed by atoms with Gasteiger partial charge in [-0.25, -0.2) is 4.79 Å². The van der Waals surface area contributed by atoms with Gasteiger partial charge in [0.25, 0.3) is 0 Å². The third-order valence-corrected chi connectivity index (χ3v) is 6.21. The highest BCUT2D eigenvalue weighted by Crippen LogP contribution is 2.31. The SMILES string of the molecule is Cc1[nH]nc2ccc(-c3ccc(NC4CN5CCC4CC5)cc3)cc12.O=C(O)C(F)(F)F. The van der Waals surface area contributed by atoms with E-state index in [9.17, 15) is 13.2 Å². The van der Waals surface area contributed by atoms with Gasteiger partial charge in [-0.15, -0.1) is 0 Å². The van der Waals surface area contributed by atoms with Crippen molar-refractivity contribution in [3.8, 4) is 11.1 Å². The number of aromatic amines is 1. The van der Waals surface area contributed by atoms with E-state index in [0.29, 0.717) is 6.04 Å². The number of fused-ring (bicyclic) bond motifs is 4. The number of hydrogen-bond acceptors (Lipinski definition) is 4. The average molecular weight is 446 g/mol. The summed E-state index contributed by atoms with van der Waals surface area (Å²) in [5, 5.41) is 19.5. The number of alkyl halides is 3. The molecule has 170 valence electrons. The van der Waals surface area contributed by atoms with Crippen LogP contribution >= 0.6 is 0 Å². The highest BCUT2D eigenvalue weighted by atomic mass is 19.4. The third-order valence-electron chi connectivity index (χ3n) is 6.21. The minimum atomic E-state index is -5.08. The number of piperidine rings is 3. The van der Waals surface area contributed by atoms with E-state index in [4.69, 9.17) is 9.90 Å². The summed E-state index contributed by atoms with van der Waals surface area (Å²) < 4.78 is 31.7. The second-order valence-corrected chi connectivity index (χ2v) is 8.35. The lowest BCUT2D eigenvalue weighted by atomic mass is 9.84. The summed E-state index contributed by atoms with van der Waals surface area (Å²) in [4.78, 5) is 11.5. The molecule has 1 aromatic heterocycles. The van der Waals surface area contributed by atoms with Gasteiger partial charge in [-0.05, 0) is 74.2 Å². The zero-order valence-corrected chi connectivity index (χ0v) is 17.6. The van der Waals surface area contributed by atoms with E-state index in [1.165, 1.54) is 54.7 Å². The molecule has 3 aliphatic rings. The zero-order valence-electron chi connectivity index (χ0n) is 17.6. The Kier molecular flexibility index (Phi) is 6.10. The summed E-state index contributed by atoms with van der Waals surface area (Å²) in [6.07, 6.45) is -2.39. The number of aromatic nitrogens is 2. The van der Waals surface area contributed by atoms with Crippen molar-refractivity contribution in [3.05, 3.63) is 48.2 Å². The van der Waals surface area contributed by atoms with Gasteiger partial charge in [-0.3, -0.25) is 5.10 Å². The van der Waals surface area contributed by atoms with Crippen molar-refractivity contribution in [2.24, 2.45) is 5.92 Å². The van der Waals surface area contributed by atoms with Gasteiger partial charge >= 0.3 is 12.1 Å². The van der Waals surface area contributed by atoms with E-state index in [-0.39, 0.29) is 0 Å². The molecule has 0 amide bonds. The van der Waals surface area contributed by atoms with Crippen molar-refractivity contribution >= 4 is 22.6 Å². The smallest absolute Gasteiger partial charge is 0.475 e. The predicted molar refractivity (Wildman–Crippen MR) is 117 cm³/mol. The number of aliphatic carboxylic acids is 1. The van der Waals surface area contributed by atoms with E-state index >= 15 is 0 Å². The van der Waals surface area contributed by atoms with E-state index in [0.717, 1.165) is 17.1 Å². The first-order valence-electron chi connectivity index (χ1n) is 10.5. The monoisotopic (exact) mass is 446 g/mol. The first-order valence-corrected chi connectivity index (χ1v) is 10.5. The maximum absolute atomic E-state index is 10.6. The average Bonchev–Trinajstić information content (AvgIpc) is 3.15. The maximum atomic E-state index is 10.6. The number of carboxylic acids is 1. The number of H-pyrrole nitrogens is 1. The first-order chi connectivity index (χ1) is 15.2. The number of carbonyl (C=O) groups is 1. The van der Waals surface area contributed by atoms with Gasteiger partial charge in [0.15, 0.2) is 0 Å². The van der Waals surface area contributed by atoms with E-state index in [1.807, 2.05) is 0 Å². The summed E-state index contributed by atoms with van der Waals surface area (Å²) >= 11 is 0. The van der Waals surface area contributed by atoms with Crippen molar-refractivity contribution in [1.82, 2.24) is 15.1 Å². The molecule has 0 radical (unpaired) electrons. The molecule has 6 nitrogen and oxygen atoms in total. The number of carboxylic acid groups (broad SMARTS) is 1. The number of anilines is 1. The Morgan fingerprint density at radius 1 is 1.12 bits per heavy atom. The van der Waals surface area contributed by atoms with Gasteiger partial charge in [0.2, 0.25) is 0 Å². The fourth-order valence-electron chi connectivity index (χ4n) is 4.42. The van der Waals surface area contributed by atoms with Gasteiger partial charge in [0, 0.05) is 29.4 Å². The van der Waals surface area contributed by atoms with Gasteiger partial charge in [-0.2, -0.15) is 18.3 Å². The molecule has 6 rings (SSSR count). The van der Waals surface area contributed by atoms with Crippen molar-refractivity contribution in [1.29, 1.82) is 0 Å². The number of nitrogens with one attached hydrogen (secondary N) is 2. The summed E-state index contributed by atoms with van der Waals surface area (Å²) in [6, 6.07) is 16.0. The van der Waals surface area contributed by atoms with Crippen molar-refractivity contribution in [2.75, 3.05) is 25.0 Å². The molecule has 32 heavy (non-hydrogen) atoms. The predicted octanol–water partition coefficient (Wildman–Crippen LogP) is 4.68. The van der Waals surface area contributed by atoms with E-state index in [1.54, 1.807) is 0 Å². The standard InChI is InChI=1S/C21H24N4.C2HF3O2/c1-14-19-12-17(4-7-20(19)24-23-14)15-2-5-18(6-3-15)22-21-13-25-10-8-16(21)9-11-25;3-2(4,5)1(6)7/h2-7,12,16,21-22H,8-11,13H2,1H3,(H,23,24);(H,6,7). The van der Waals surface area contributed by atoms with Crippen LogP contribution in [0.3, 0.4) is 0 Å². The summed E-state index contributed by atoms with van der Waals surface area (Å²) in [5.74, 6) is -1.91. The Morgan fingerprint density at radius 3 is 2.31 bits per heavy atom. The summed E-state index contributed by atoms with van der Waals surface area (Å²) in [5.41, 5.74) is 5.88. The van der Waals surface area contributed by atoms with Crippen LogP contribution in [-0.4, -0.2) is 58.0 Å². The van der Waals surface area contributed by atoms with Crippen molar-refractivity contribution in [2.45, 2.75) is 32.0 Å². The number of rotatable bonds is 3. The molecule has 9 heteroatoms. The third kappa shape index (κ3) is 4.88. The molecule has 3 fully saturated rings. The number of aryl methyl sites for hydroxylation is 1. The minimum absolute atomic E-state index is 0.610. The fraction of sp³-hybridized carbons (Fsp3) is 0.391. The van der Waals surface area contributed by atoms with Gasteiger partial charge < -0.3 is 15.3 Å². The Bertz CT molecular complexity index is 1090. The minimum Gasteiger partial charge on any atom is -0.475 e. The second-order valence-electron chi connectivity index (χ2n) is 8.35. The van der Waals surface area contributed by atoms with Gasteiger partial charge in [0.05, 0.1) is 5.52 Å². The Labute approximate surface area is 183 Å². The lowest BCUT2D eigenvalue weighted by Gasteiger charge is -2.45. The van der Waals surface area contributed by atoms with Crippen LogP contribution in [-0.2, 0) is 4.79 Å². The molecule has 2 aromatic carbocycles. The molecule has 1 unspecified atom stereocenters. The topological polar surface area (TPSA) is 81.2 Å². The molecule has 2 bridgehead atoms. The van der Waals surface area contributed by atoms with Crippen LogP contribution < -0.4 is 5.32 Å². The van der Waals surface area contributed by atoms with Crippen LogP contribution in [0.4, 0.5) is 18.9 Å². The fourth-order valence-corrected chi connectivity index (χ4v) is 4.42. The second kappa shape index (κ2) is 8.82. The number of halogens is 3.